The summed E-state index contributed by atoms with van der Waals surface area (Å²) in [5.41, 5.74) is 0.203. The van der Waals surface area contributed by atoms with E-state index in [1.54, 1.807) is 0 Å². The Labute approximate surface area is 80.2 Å². The Hall–Kier alpha value is -0.0600. The van der Waals surface area contributed by atoms with E-state index in [-0.39, 0.29) is 0 Å². The van der Waals surface area contributed by atoms with Gasteiger partial charge in [-0.15, -0.1) is 0 Å². The highest BCUT2D eigenvalue weighted by molar-refractivity contribution is 8.00. The molecule has 1 aliphatic rings. The highest BCUT2D eigenvalue weighted by Crippen LogP contribution is 2.40. The lowest BCUT2D eigenvalue weighted by Gasteiger charge is -2.18. The van der Waals surface area contributed by atoms with Crippen molar-refractivity contribution >= 4 is 23.3 Å². The second-order valence-electron chi connectivity index (χ2n) is 3.24. The van der Waals surface area contributed by atoms with Gasteiger partial charge < -0.3 is 5.11 Å². The Morgan fingerprint density at radius 3 is 3.08 bits per heavy atom. The number of nitrogens with zero attached hydrogens (tertiary/aromatic N) is 1. The molecule has 1 N–H and O–H groups in total. The van der Waals surface area contributed by atoms with Crippen LogP contribution in [0.4, 0.5) is 0 Å². The average molecular weight is 201 g/mol. The second-order valence-corrected chi connectivity index (χ2v) is 5.33. The normalized spacial score (nSPS) is 35.7. The van der Waals surface area contributed by atoms with Gasteiger partial charge in [0.15, 0.2) is 0 Å². The lowest BCUT2D eigenvalue weighted by molar-refractivity contribution is 0.0576. The minimum absolute atomic E-state index is 0.552. The fraction of sp³-hybridized carbons (Fsp3) is 0.625. The Morgan fingerprint density at radius 2 is 2.58 bits per heavy atom. The van der Waals surface area contributed by atoms with E-state index in [9.17, 15) is 5.11 Å². The van der Waals surface area contributed by atoms with Crippen molar-refractivity contribution < 1.29 is 5.11 Å². The summed E-state index contributed by atoms with van der Waals surface area (Å²) >= 11 is 3.22. The molecule has 2 atom stereocenters. The van der Waals surface area contributed by atoms with Crippen LogP contribution in [-0.2, 0) is 5.60 Å². The minimum Gasteiger partial charge on any atom is -0.383 e. The lowest BCUT2D eigenvalue weighted by atomic mass is 9.97. The van der Waals surface area contributed by atoms with E-state index in [1.165, 1.54) is 11.5 Å². The number of aliphatic hydroxyl groups is 1. The summed E-state index contributed by atoms with van der Waals surface area (Å²) in [6, 6.07) is 1.92. The van der Waals surface area contributed by atoms with Crippen LogP contribution in [0.25, 0.3) is 0 Å². The second kappa shape index (κ2) is 3.01. The summed E-state index contributed by atoms with van der Waals surface area (Å²) in [4.78, 5) is 0. The van der Waals surface area contributed by atoms with E-state index >= 15 is 0 Å². The van der Waals surface area contributed by atoms with Crippen molar-refractivity contribution in [2.45, 2.75) is 24.2 Å². The molecule has 0 aromatic carbocycles. The molecule has 0 bridgehead atoms. The van der Waals surface area contributed by atoms with Gasteiger partial charge in [0.2, 0.25) is 0 Å². The molecule has 1 saturated heterocycles. The zero-order valence-corrected chi connectivity index (χ0v) is 8.49. The SMILES string of the molecule is CC1CC(O)(c2ccsn2)CS1. The van der Waals surface area contributed by atoms with Crippen LogP contribution in [-0.4, -0.2) is 20.5 Å². The molecule has 12 heavy (non-hydrogen) atoms. The molecule has 1 aromatic rings. The van der Waals surface area contributed by atoms with Crippen molar-refractivity contribution in [3.63, 3.8) is 0 Å². The minimum atomic E-state index is -0.649. The van der Waals surface area contributed by atoms with Gasteiger partial charge in [-0.25, -0.2) is 0 Å². The molecule has 1 fully saturated rings. The first-order valence-corrected chi connectivity index (χ1v) is 5.84. The van der Waals surface area contributed by atoms with Gasteiger partial charge in [0, 0.05) is 16.4 Å². The highest BCUT2D eigenvalue weighted by atomic mass is 32.2. The quantitative estimate of drug-likeness (QED) is 0.753. The van der Waals surface area contributed by atoms with E-state index in [1.807, 2.05) is 23.2 Å². The maximum absolute atomic E-state index is 10.1. The molecule has 2 heterocycles. The van der Waals surface area contributed by atoms with Crippen molar-refractivity contribution in [3.05, 3.63) is 17.1 Å². The molecule has 0 radical (unpaired) electrons. The third-order valence-corrected chi connectivity index (χ3v) is 4.09. The lowest BCUT2D eigenvalue weighted by Crippen LogP contribution is -2.25. The predicted molar refractivity (Wildman–Crippen MR) is 52.5 cm³/mol. The molecule has 0 amide bonds. The maximum atomic E-state index is 10.1. The number of hydrogen-bond donors (Lipinski definition) is 1. The van der Waals surface area contributed by atoms with Crippen LogP contribution in [0.15, 0.2) is 11.4 Å². The Balaban J connectivity index is 2.23. The smallest absolute Gasteiger partial charge is 0.118 e. The number of rotatable bonds is 1. The van der Waals surface area contributed by atoms with Gasteiger partial charge in [-0.2, -0.15) is 16.1 Å². The van der Waals surface area contributed by atoms with E-state index in [4.69, 9.17) is 0 Å². The van der Waals surface area contributed by atoms with Gasteiger partial charge in [-0.05, 0) is 24.0 Å². The maximum Gasteiger partial charge on any atom is 0.118 e. The summed E-state index contributed by atoms with van der Waals surface area (Å²) in [6.45, 7) is 2.15. The van der Waals surface area contributed by atoms with Crippen LogP contribution >= 0.6 is 23.3 Å². The predicted octanol–water partition coefficient (Wildman–Crippen LogP) is 1.86. The van der Waals surface area contributed by atoms with E-state index in [0.29, 0.717) is 5.25 Å². The molecule has 0 aliphatic carbocycles. The van der Waals surface area contributed by atoms with E-state index < -0.39 is 5.60 Å². The number of thioether (sulfide) groups is 1. The summed E-state index contributed by atoms with van der Waals surface area (Å²) in [5, 5.41) is 12.6. The number of aromatic nitrogens is 1. The average Bonchev–Trinajstić information content (AvgIpc) is 2.59. The van der Waals surface area contributed by atoms with Crippen LogP contribution < -0.4 is 0 Å². The van der Waals surface area contributed by atoms with Crippen molar-refractivity contribution in [1.29, 1.82) is 0 Å². The van der Waals surface area contributed by atoms with Crippen LogP contribution in [0, 0.1) is 0 Å². The molecule has 2 nitrogen and oxygen atoms in total. The summed E-state index contributed by atoms with van der Waals surface area (Å²) < 4.78 is 4.18. The molecule has 0 spiro atoms. The van der Waals surface area contributed by atoms with Crippen LogP contribution in [0.3, 0.4) is 0 Å². The summed E-state index contributed by atoms with van der Waals surface area (Å²) in [6.07, 6.45) is 0.835. The first kappa shape index (κ1) is 8.53. The molecule has 0 saturated carbocycles. The Morgan fingerprint density at radius 1 is 1.75 bits per heavy atom. The fourth-order valence-corrected chi connectivity index (χ4v) is 3.32. The third kappa shape index (κ3) is 1.39. The standard InChI is InChI=1S/C8H11NOS2/c1-6-4-8(10,5-11-6)7-2-3-12-9-7/h2-3,6,10H,4-5H2,1H3. The van der Waals surface area contributed by atoms with Crippen molar-refractivity contribution in [2.75, 3.05) is 5.75 Å². The zero-order chi connectivity index (χ0) is 8.60. The van der Waals surface area contributed by atoms with Crippen molar-refractivity contribution in [2.24, 2.45) is 0 Å². The topological polar surface area (TPSA) is 33.1 Å². The van der Waals surface area contributed by atoms with Gasteiger partial charge in [0.05, 0.1) is 5.69 Å². The molecule has 1 aromatic heterocycles. The van der Waals surface area contributed by atoms with E-state index in [0.717, 1.165) is 17.9 Å². The molecule has 4 heteroatoms. The molecule has 2 rings (SSSR count). The molecular weight excluding hydrogens is 190 g/mol. The van der Waals surface area contributed by atoms with Crippen molar-refractivity contribution in [1.82, 2.24) is 4.37 Å². The third-order valence-electron chi connectivity index (χ3n) is 2.15. The first-order valence-electron chi connectivity index (χ1n) is 3.95. The van der Waals surface area contributed by atoms with Gasteiger partial charge in [-0.3, -0.25) is 0 Å². The van der Waals surface area contributed by atoms with E-state index in [2.05, 4.69) is 11.3 Å². The summed E-state index contributed by atoms with van der Waals surface area (Å²) in [5.74, 6) is 0.790. The van der Waals surface area contributed by atoms with Gasteiger partial charge in [0.25, 0.3) is 0 Å². The molecular formula is C8H11NOS2. The fourth-order valence-electron chi connectivity index (χ4n) is 1.50. The first-order chi connectivity index (χ1) is 5.71. The van der Waals surface area contributed by atoms with Gasteiger partial charge >= 0.3 is 0 Å². The number of hydrogen-bond acceptors (Lipinski definition) is 4. The van der Waals surface area contributed by atoms with Crippen LogP contribution in [0.5, 0.6) is 0 Å². The Bertz CT molecular complexity index is 262. The van der Waals surface area contributed by atoms with Gasteiger partial charge in [-0.1, -0.05) is 6.92 Å². The highest BCUT2D eigenvalue weighted by Gasteiger charge is 2.38. The zero-order valence-electron chi connectivity index (χ0n) is 6.86. The van der Waals surface area contributed by atoms with Crippen LogP contribution in [0.1, 0.15) is 19.0 Å². The van der Waals surface area contributed by atoms with Crippen LogP contribution in [0.2, 0.25) is 0 Å². The largest absolute Gasteiger partial charge is 0.383 e. The summed E-state index contributed by atoms with van der Waals surface area (Å²) in [7, 11) is 0. The van der Waals surface area contributed by atoms with Gasteiger partial charge in [0.1, 0.15) is 5.60 Å². The monoisotopic (exact) mass is 201 g/mol. The molecule has 1 aliphatic heterocycles. The molecule has 66 valence electrons. The molecule has 2 unspecified atom stereocenters. The van der Waals surface area contributed by atoms with Crippen molar-refractivity contribution in [3.8, 4) is 0 Å². The Kier molecular flexibility index (Phi) is 2.14.